The molecule has 98 valence electrons. The van der Waals surface area contributed by atoms with E-state index >= 15 is 0 Å². The number of nitrogens with zero attached hydrogens (tertiary/aromatic N) is 1. The predicted molar refractivity (Wildman–Crippen MR) is 69.8 cm³/mol. The van der Waals surface area contributed by atoms with E-state index in [9.17, 15) is 8.42 Å². The topological polar surface area (TPSA) is 79.2 Å². The maximum Gasteiger partial charge on any atom is 0.249 e. The second kappa shape index (κ2) is 6.26. The Morgan fingerprint density at radius 1 is 1.33 bits per heavy atom. The lowest BCUT2D eigenvalue weighted by atomic mass is 10.3. The van der Waals surface area contributed by atoms with Gasteiger partial charge in [0.05, 0.1) is 12.7 Å². The van der Waals surface area contributed by atoms with E-state index in [1.807, 2.05) is 6.92 Å². The zero-order valence-corrected chi connectivity index (χ0v) is 11.2. The zero-order chi connectivity index (χ0) is 13.6. The van der Waals surface area contributed by atoms with E-state index in [1.165, 1.54) is 0 Å². The third-order valence-corrected chi connectivity index (χ3v) is 4.02. The minimum Gasteiger partial charge on any atom is -0.494 e. The molecular weight excluding hydrogens is 252 g/mol. The minimum absolute atomic E-state index is 0.253. The Hall–Kier alpha value is -1.74. The van der Waals surface area contributed by atoms with Crippen LogP contribution in [0.1, 0.15) is 20.3 Å². The minimum atomic E-state index is -3.65. The van der Waals surface area contributed by atoms with Crippen molar-refractivity contribution in [3.05, 3.63) is 24.3 Å². The molecule has 5 nitrogen and oxygen atoms in total. The Bertz CT molecular complexity index is 517. The lowest BCUT2D eigenvalue weighted by Gasteiger charge is -2.11. The molecule has 0 aromatic heterocycles. The summed E-state index contributed by atoms with van der Waals surface area (Å²) in [5, 5.41) is 7.73. The van der Waals surface area contributed by atoms with Crippen molar-refractivity contribution in [1.82, 2.24) is 0 Å². The Labute approximate surface area is 107 Å². The first kappa shape index (κ1) is 14.3. The molecule has 0 saturated heterocycles. The normalized spacial score (nSPS) is 12.5. The molecule has 18 heavy (non-hydrogen) atoms. The highest BCUT2D eigenvalue weighted by atomic mass is 32.2. The quantitative estimate of drug-likeness (QED) is 0.857. The van der Waals surface area contributed by atoms with E-state index in [1.54, 1.807) is 37.3 Å². The summed E-state index contributed by atoms with van der Waals surface area (Å²) in [4.78, 5) is 0. The van der Waals surface area contributed by atoms with Crippen LogP contribution >= 0.6 is 0 Å². The molecule has 1 unspecified atom stereocenters. The number of benzene rings is 1. The van der Waals surface area contributed by atoms with Crippen molar-refractivity contribution >= 4 is 15.7 Å². The molecule has 1 atom stereocenters. The van der Waals surface area contributed by atoms with Gasteiger partial charge in [-0.05, 0) is 37.6 Å². The molecule has 1 rings (SSSR count). The van der Waals surface area contributed by atoms with E-state index in [4.69, 9.17) is 10.00 Å². The monoisotopic (exact) mass is 268 g/mol. The highest BCUT2D eigenvalue weighted by Crippen LogP contribution is 2.18. The number of rotatable bonds is 6. The number of ether oxygens (including phenoxy) is 1. The SMILES string of the molecule is CCOc1ccc(NS(=O)(=O)C(C#N)CC)cc1. The third-order valence-electron chi connectivity index (χ3n) is 2.31. The summed E-state index contributed by atoms with van der Waals surface area (Å²) in [7, 11) is -3.65. The van der Waals surface area contributed by atoms with Crippen LogP contribution < -0.4 is 9.46 Å². The van der Waals surface area contributed by atoms with Crippen LogP contribution in [-0.4, -0.2) is 20.3 Å². The van der Waals surface area contributed by atoms with E-state index in [0.717, 1.165) is 0 Å². The van der Waals surface area contributed by atoms with Gasteiger partial charge in [0.25, 0.3) is 0 Å². The van der Waals surface area contributed by atoms with Gasteiger partial charge in [-0.2, -0.15) is 5.26 Å². The molecule has 6 heteroatoms. The van der Waals surface area contributed by atoms with Crippen LogP contribution in [0.4, 0.5) is 5.69 Å². The number of sulfonamides is 1. The van der Waals surface area contributed by atoms with Gasteiger partial charge in [-0.1, -0.05) is 6.92 Å². The Morgan fingerprint density at radius 3 is 2.39 bits per heavy atom. The second-order valence-electron chi connectivity index (χ2n) is 3.63. The van der Waals surface area contributed by atoms with Crippen molar-refractivity contribution in [2.75, 3.05) is 11.3 Å². The Morgan fingerprint density at radius 2 is 1.94 bits per heavy atom. The van der Waals surface area contributed by atoms with Crippen molar-refractivity contribution in [2.24, 2.45) is 0 Å². The smallest absolute Gasteiger partial charge is 0.249 e. The van der Waals surface area contributed by atoms with E-state index < -0.39 is 15.3 Å². The molecule has 0 aliphatic rings. The number of anilines is 1. The average Bonchev–Trinajstić information content (AvgIpc) is 2.33. The van der Waals surface area contributed by atoms with Crippen molar-refractivity contribution in [3.8, 4) is 11.8 Å². The molecule has 0 bridgehead atoms. The average molecular weight is 268 g/mol. The van der Waals surface area contributed by atoms with Crippen LogP contribution in [0, 0.1) is 11.3 Å². The lowest BCUT2D eigenvalue weighted by molar-refractivity contribution is 0.340. The number of hydrogen-bond acceptors (Lipinski definition) is 4. The van der Waals surface area contributed by atoms with Gasteiger partial charge in [-0.15, -0.1) is 0 Å². The van der Waals surface area contributed by atoms with Crippen molar-refractivity contribution in [1.29, 1.82) is 5.26 Å². The molecule has 1 aromatic carbocycles. The predicted octanol–water partition coefficient (Wildman–Crippen LogP) is 2.13. The summed E-state index contributed by atoms with van der Waals surface area (Å²) in [5.74, 6) is 0.674. The lowest BCUT2D eigenvalue weighted by Crippen LogP contribution is -2.25. The largest absolute Gasteiger partial charge is 0.494 e. The zero-order valence-electron chi connectivity index (χ0n) is 10.4. The van der Waals surface area contributed by atoms with Gasteiger partial charge in [-0.3, -0.25) is 4.72 Å². The van der Waals surface area contributed by atoms with Crippen LogP contribution in [0.3, 0.4) is 0 Å². The van der Waals surface area contributed by atoms with Gasteiger partial charge >= 0.3 is 0 Å². The summed E-state index contributed by atoms with van der Waals surface area (Å²) < 4.78 is 31.3. The van der Waals surface area contributed by atoms with E-state index in [0.29, 0.717) is 18.0 Å². The molecule has 1 N–H and O–H groups in total. The molecular formula is C12H16N2O3S. The standard InChI is InChI=1S/C12H16N2O3S/c1-3-12(9-13)18(15,16)14-10-5-7-11(8-6-10)17-4-2/h5-8,12,14H,3-4H2,1-2H3. The molecule has 0 aliphatic carbocycles. The van der Waals surface area contributed by atoms with Gasteiger partial charge in [0.2, 0.25) is 10.0 Å². The fraction of sp³-hybridized carbons (Fsp3) is 0.417. The molecule has 0 aliphatic heterocycles. The first-order valence-electron chi connectivity index (χ1n) is 5.67. The molecule has 0 saturated carbocycles. The third kappa shape index (κ3) is 3.64. The highest BCUT2D eigenvalue weighted by Gasteiger charge is 2.23. The van der Waals surface area contributed by atoms with Crippen molar-refractivity contribution < 1.29 is 13.2 Å². The number of nitrogens with one attached hydrogen (secondary N) is 1. The van der Waals surface area contributed by atoms with Crippen LogP contribution in [0.5, 0.6) is 5.75 Å². The van der Waals surface area contributed by atoms with Gasteiger partial charge < -0.3 is 4.74 Å². The summed E-state index contributed by atoms with van der Waals surface area (Å²) in [5.41, 5.74) is 0.423. The van der Waals surface area contributed by atoms with E-state index in [2.05, 4.69) is 4.72 Å². The van der Waals surface area contributed by atoms with Crippen molar-refractivity contribution in [2.45, 2.75) is 25.5 Å². The molecule has 1 aromatic rings. The second-order valence-corrected chi connectivity index (χ2v) is 5.49. The van der Waals surface area contributed by atoms with Gasteiger partial charge in [0, 0.05) is 5.69 Å². The van der Waals surface area contributed by atoms with Crippen molar-refractivity contribution in [3.63, 3.8) is 0 Å². The molecule has 0 amide bonds. The Balaban J connectivity index is 2.82. The van der Waals surface area contributed by atoms with Gasteiger partial charge in [0.15, 0.2) is 5.25 Å². The first-order chi connectivity index (χ1) is 8.53. The number of hydrogen-bond donors (Lipinski definition) is 1. The van der Waals surface area contributed by atoms with Crippen LogP contribution in [0.2, 0.25) is 0 Å². The fourth-order valence-corrected chi connectivity index (χ4v) is 2.59. The van der Waals surface area contributed by atoms with Crippen LogP contribution in [-0.2, 0) is 10.0 Å². The summed E-state index contributed by atoms with van der Waals surface area (Å²) >= 11 is 0. The first-order valence-corrected chi connectivity index (χ1v) is 7.22. The maximum absolute atomic E-state index is 11.8. The molecule has 0 heterocycles. The number of nitriles is 1. The summed E-state index contributed by atoms with van der Waals surface area (Å²) in [6.07, 6.45) is 0.253. The highest BCUT2D eigenvalue weighted by molar-refractivity contribution is 7.93. The van der Waals surface area contributed by atoms with E-state index in [-0.39, 0.29) is 6.42 Å². The van der Waals surface area contributed by atoms with Crippen LogP contribution in [0.25, 0.3) is 0 Å². The summed E-state index contributed by atoms with van der Waals surface area (Å²) in [6, 6.07) is 8.33. The Kier molecular flexibility index (Phi) is 4.98. The molecule has 0 spiro atoms. The van der Waals surface area contributed by atoms with Crippen LogP contribution in [0.15, 0.2) is 24.3 Å². The molecule has 0 radical (unpaired) electrons. The summed E-state index contributed by atoms with van der Waals surface area (Å²) in [6.45, 7) is 4.08. The van der Waals surface area contributed by atoms with Gasteiger partial charge in [0.1, 0.15) is 5.75 Å². The fourth-order valence-electron chi connectivity index (χ4n) is 1.40. The maximum atomic E-state index is 11.8. The molecule has 0 fully saturated rings. The van der Waals surface area contributed by atoms with Gasteiger partial charge in [-0.25, -0.2) is 8.42 Å².